The highest BCUT2D eigenvalue weighted by Gasteiger charge is 2.06. The largest absolute Gasteiger partial charge is 0.399 e. The molecule has 7 heteroatoms. The van der Waals surface area contributed by atoms with Crippen LogP contribution < -0.4 is 16.8 Å². The summed E-state index contributed by atoms with van der Waals surface area (Å²) in [5, 5.41) is 3.20. The van der Waals surface area contributed by atoms with Crippen LogP contribution in [0.3, 0.4) is 0 Å². The molecule has 0 unspecified atom stereocenters. The number of hydrogen-bond donors (Lipinski definition) is 4. The molecule has 0 atom stereocenters. The highest BCUT2D eigenvalue weighted by molar-refractivity contribution is 5.82. The SMILES string of the molecule is Nc1ccc(N)c(CNc2ncnc3nc[nH]c23)c1. The number of nitrogens with two attached hydrogens (primary N) is 2. The Kier molecular flexibility index (Phi) is 2.64. The number of H-pyrrole nitrogens is 1. The van der Waals surface area contributed by atoms with Crippen molar-refractivity contribution in [2.75, 3.05) is 16.8 Å². The average molecular weight is 255 g/mol. The molecule has 0 amide bonds. The van der Waals surface area contributed by atoms with E-state index < -0.39 is 0 Å². The van der Waals surface area contributed by atoms with Gasteiger partial charge >= 0.3 is 0 Å². The minimum atomic E-state index is 0.530. The van der Waals surface area contributed by atoms with E-state index in [-0.39, 0.29) is 0 Å². The van der Waals surface area contributed by atoms with E-state index in [2.05, 4.69) is 25.3 Å². The lowest BCUT2D eigenvalue weighted by Gasteiger charge is -2.09. The topological polar surface area (TPSA) is 119 Å². The van der Waals surface area contributed by atoms with Crippen LogP contribution in [0.15, 0.2) is 30.9 Å². The van der Waals surface area contributed by atoms with E-state index in [0.717, 1.165) is 11.1 Å². The Balaban J connectivity index is 1.86. The second-order valence-corrected chi connectivity index (χ2v) is 4.14. The summed E-state index contributed by atoms with van der Waals surface area (Å²) in [6.07, 6.45) is 3.05. The number of benzene rings is 1. The minimum Gasteiger partial charge on any atom is -0.399 e. The van der Waals surface area contributed by atoms with Gasteiger partial charge in [0.05, 0.1) is 6.33 Å². The molecular weight excluding hydrogens is 242 g/mol. The van der Waals surface area contributed by atoms with Crippen LogP contribution in [0.25, 0.3) is 11.2 Å². The van der Waals surface area contributed by atoms with Gasteiger partial charge < -0.3 is 21.8 Å². The summed E-state index contributed by atoms with van der Waals surface area (Å²) in [6.45, 7) is 0.530. The first-order chi connectivity index (χ1) is 9.24. The molecule has 0 saturated heterocycles. The van der Waals surface area contributed by atoms with E-state index >= 15 is 0 Å². The molecule has 0 radical (unpaired) electrons. The number of rotatable bonds is 3. The first kappa shape index (κ1) is 11.3. The highest BCUT2D eigenvalue weighted by Crippen LogP contribution is 2.19. The number of anilines is 3. The normalized spacial score (nSPS) is 10.7. The number of imidazole rings is 1. The van der Waals surface area contributed by atoms with Crippen LogP contribution in [0.1, 0.15) is 5.56 Å². The molecule has 7 nitrogen and oxygen atoms in total. The third-order valence-electron chi connectivity index (χ3n) is 2.84. The smallest absolute Gasteiger partial charge is 0.182 e. The van der Waals surface area contributed by atoms with Crippen LogP contribution in [0, 0.1) is 0 Å². The quantitative estimate of drug-likeness (QED) is 0.521. The first-order valence-corrected chi connectivity index (χ1v) is 5.76. The van der Waals surface area contributed by atoms with Crippen LogP contribution in [-0.2, 0) is 6.54 Å². The molecule has 3 rings (SSSR count). The van der Waals surface area contributed by atoms with Crippen molar-refractivity contribution in [3.63, 3.8) is 0 Å². The van der Waals surface area contributed by atoms with Crippen molar-refractivity contribution in [1.82, 2.24) is 19.9 Å². The molecule has 0 aliphatic heterocycles. The summed E-state index contributed by atoms with van der Waals surface area (Å²) in [5.74, 6) is 0.685. The fourth-order valence-electron chi connectivity index (χ4n) is 1.86. The van der Waals surface area contributed by atoms with Crippen molar-refractivity contribution in [2.24, 2.45) is 0 Å². The number of fused-ring (bicyclic) bond motifs is 1. The molecule has 0 aliphatic rings. The molecule has 2 aromatic heterocycles. The van der Waals surface area contributed by atoms with Crippen molar-refractivity contribution < 1.29 is 0 Å². The molecule has 2 heterocycles. The zero-order valence-electron chi connectivity index (χ0n) is 10.1. The molecule has 6 N–H and O–H groups in total. The lowest BCUT2D eigenvalue weighted by molar-refractivity contribution is 1.10. The third-order valence-corrected chi connectivity index (χ3v) is 2.84. The Hall–Kier alpha value is -2.83. The van der Waals surface area contributed by atoms with Gasteiger partial charge in [-0.25, -0.2) is 15.0 Å². The minimum absolute atomic E-state index is 0.530. The second-order valence-electron chi connectivity index (χ2n) is 4.14. The fraction of sp³-hybridized carbons (Fsp3) is 0.0833. The number of hydrogen-bond acceptors (Lipinski definition) is 6. The number of nitrogens with one attached hydrogen (secondary N) is 2. The molecule has 0 saturated carbocycles. The summed E-state index contributed by atoms with van der Waals surface area (Å²) < 4.78 is 0. The maximum absolute atomic E-state index is 5.90. The zero-order chi connectivity index (χ0) is 13.2. The van der Waals surface area contributed by atoms with Gasteiger partial charge in [-0.3, -0.25) is 0 Å². The van der Waals surface area contributed by atoms with E-state index in [0.29, 0.717) is 29.4 Å². The highest BCUT2D eigenvalue weighted by atomic mass is 15.1. The van der Waals surface area contributed by atoms with Gasteiger partial charge in [0.1, 0.15) is 11.8 Å². The van der Waals surface area contributed by atoms with E-state index in [4.69, 9.17) is 11.5 Å². The van der Waals surface area contributed by atoms with Gasteiger partial charge in [0, 0.05) is 17.9 Å². The second kappa shape index (κ2) is 4.45. The van der Waals surface area contributed by atoms with Crippen LogP contribution in [-0.4, -0.2) is 19.9 Å². The first-order valence-electron chi connectivity index (χ1n) is 5.76. The molecular formula is C12H13N7. The van der Waals surface area contributed by atoms with Gasteiger partial charge in [0.2, 0.25) is 0 Å². The van der Waals surface area contributed by atoms with Crippen LogP contribution in [0.4, 0.5) is 17.2 Å². The molecule has 19 heavy (non-hydrogen) atoms. The van der Waals surface area contributed by atoms with Gasteiger partial charge in [-0.1, -0.05) is 0 Å². The number of aromatic nitrogens is 4. The Morgan fingerprint density at radius 3 is 2.95 bits per heavy atom. The standard InChI is InChI=1S/C12H13N7/c13-8-1-2-9(14)7(3-8)4-15-11-10-12(17-5-16-10)19-6-18-11/h1-3,5-6H,4,13-14H2,(H2,15,16,17,18,19). The summed E-state index contributed by atoms with van der Waals surface area (Å²) >= 11 is 0. The Bertz CT molecular complexity index is 719. The van der Waals surface area contributed by atoms with Gasteiger partial charge in [0.25, 0.3) is 0 Å². The van der Waals surface area contributed by atoms with E-state index in [9.17, 15) is 0 Å². The Morgan fingerprint density at radius 2 is 2.05 bits per heavy atom. The van der Waals surface area contributed by atoms with E-state index in [1.807, 2.05) is 6.07 Å². The van der Waals surface area contributed by atoms with Gasteiger partial charge in [-0.2, -0.15) is 0 Å². The number of aromatic amines is 1. The Labute approximate surface area is 109 Å². The molecule has 1 aromatic carbocycles. The maximum atomic E-state index is 5.90. The van der Waals surface area contributed by atoms with Gasteiger partial charge in [-0.05, 0) is 23.8 Å². The van der Waals surface area contributed by atoms with Crippen molar-refractivity contribution in [2.45, 2.75) is 6.54 Å². The monoisotopic (exact) mass is 255 g/mol. The van der Waals surface area contributed by atoms with Crippen molar-refractivity contribution in [3.05, 3.63) is 36.4 Å². The predicted molar refractivity (Wildman–Crippen MR) is 74.3 cm³/mol. The van der Waals surface area contributed by atoms with Crippen LogP contribution >= 0.6 is 0 Å². The molecule has 3 aromatic rings. The maximum Gasteiger partial charge on any atom is 0.182 e. The average Bonchev–Trinajstić information content (AvgIpc) is 2.88. The molecule has 96 valence electrons. The van der Waals surface area contributed by atoms with E-state index in [1.54, 1.807) is 18.5 Å². The molecule has 0 fully saturated rings. The zero-order valence-corrected chi connectivity index (χ0v) is 10.1. The Morgan fingerprint density at radius 1 is 1.16 bits per heavy atom. The fourth-order valence-corrected chi connectivity index (χ4v) is 1.86. The summed E-state index contributed by atoms with van der Waals surface area (Å²) in [6, 6.07) is 5.41. The molecule has 0 aliphatic carbocycles. The van der Waals surface area contributed by atoms with Crippen LogP contribution in [0.5, 0.6) is 0 Å². The van der Waals surface area contributed by atoms with Crippen LogP contribution in [0.2, 0.25) is 0 Å². The summed E-state index contributed by atoms with van der Waals surface area (Å²) in [5.41, 5.74) is 15.3. The van der Waals surface area contributed by atoms with E-state index in [1.165, 1.54) is 6.33 Å². The third kappa shape index (κ3) is 2.13. The lowest BCUT2D eigenvalue weighted by atomic mass is 10.1. The lowest BCUT2D eigenvalue weighted by Crippen LogP contribution is -2.05. The van der Waals surface area contributed by atoms with Gasteiger partial charge in [0.15, 0.2) is 11.5 Å². The number of nitrogen functional groups attached to an aromatic ring is 2. The van der Waals surface area contributed by atoms with Gasteiger partial charge in [-0.15, -0.1) is 0 Å². The van der Waals surface area contributed by atoms with Crippen molar-refractivity contribution >= 4 is 28.4 Å². The summed E-state index contributed by atoms with van der Waals surface area (Å²) in [7, 11) is 0. The van der Waals surface area contributed by atoms with Crippen molar-refractivity contribution in [1.29, 1.82) is 0 Å². The molecule has 0 bridgehead atoms. The molecule has 0 spiro atoms. The summed E-state index contributed by atoms with van der Waals surface area (Å²) in [4.78, 5) is 15.3. The van der Waals surface area contributed by atoms with Crippen molar-refractivity contribution in [3.8, 4) is 0 Å². The predicted octanol–water partition coefficient (Wildman–Crippen LogP) is 1.13. The number of nitrogens with zero attached hydrogens (tertiary/aromatic N) is 3.